The summed E-state index contributed by atoms with van der Waals surface area (Å²) in [7, 11) is 0. The number of carbonyl (C=O) groups excluding carboxylic acids is 3. The predicted molar refractivity (Wildman–Crippen MR) is 117 cm³/mol. The van der Waals surface area contributed by atoms with Crippen molar-refractivity contribution in [1.29, 1.82) is 0 Å². The molecular formula is C20H26N4O10. The number of hydrogen-bond acceptors (Lipinski definition) is 11. The van der Waals surface area contributed by atoms with Crippen molar-refractivity contribution in [3.8, 4) is 0 Å². The number of nitro benzene ring substituents is 2. The highest BCUT2D eigenvalue weighted by Gasteiger charge is 2.40. The van der Waals surface area contributed by atoms with Crippen LogP contribution in [0.5, 0.6) is 0 Å². The summed E-state index contributed by atoms with van der Waals surface area (Å²) in [5.74, 6) is -3.95. The molecule has 0 N–H and O–H groups in total. The second-order valence-electron chi connectivity index (χ2n) is 7.02. The first-order chi connectivity index (χ1) is 16.2. The summed E-state index contributed by atoms with van der Waals surface area (Å²) in [5.41, 5.74) is -1.78. The third-order valence-corrected chi connectivity index (χ3v) is 5.02. The van der Waals surface area contributed by atoms with Crippen LogP contribution in [-0.2, 0) is 23.8 Å². The highest BCUT2D eigenvalue weighted by atomic mass is 16.6. The Balaban J connectivity index is 2.57. The highest BCUT2D eigenvalue weighted by molar-refractivity contribution is 6.02. The Kier molecular flexibility index (Phi) is 9.10. The van der Waals surface area contributed by atoms with Crippen molar-refractivity contribution in [2.24, 2.45) is 0 Å². The van der Waals surface area contributed by atoms with Gasteiger partial charge < -0.3 is 24.0 Å². The Bertz CT molecular complexity index is 941. The van der Waals surface area contributed by atoms with E-state index in [9.17, 15) is 34.6 Å². The topological polar surface area (TPSA) is 172 Å². The van der Waals surface area contributed by atoms with Gasteiger partial charge in [0.25, 0.3) is 11.4 Å². The minimum absolute atomic E-state index is 0.0345. The normalized spacial score (nSPS) is 13.4. The number of hydrogen-bond donors (Lipinski definition) is 0. The fraction of sp³-hybridized carbons (Fsp3) is 0.550. The molecule has 2 rings (SSSR count). The highest BCUT2D eigenvalue weighted by Crippen LogP contribution is 2.39. The molecule has 1 aromatic rings. The van der Waals surface area contributed by atoms with E-state index in [0.717, 1.165) is 6.07 Å². The minimum atomic E-state index is -1.80. The maximum absolute atomic E-state index is 12.6. The second kappa shape index (κ2) is 11.8. The van der Waals surface area contributed by atoms with Crippen molar-refractivity contribution < 1.29 is 38.4 Å². The van der Waals surface area contributed by atoms with Crippen molar-refractivity contribution >= 4 is 35.1 Å². The number of anilines is 1. The quantitative estimate of drug-likeness (QED) is 0.166. The fourth-order valence-corrected chi connectivity index (χ4v) is 3.52. The maximum Gasteiger partial charge on any atom is 0.409 e. The molecule has 1 aliphatic rings. The van der Waals surface area contributed by atoms with Gasteiger partial charge in [0.1, 0.15) is 5.69 Å². The van der Waals surface area contributed by atoms with E-state index in [1.807, 2.05) is 0 Å². The summed E-state index contributed by atoms with van der Waals surface area (Å²) >= 11 is 0. The molecule has 186 valence electrons. The van der Waals surface area contributed by atoms with E-state index in [4.69, 9.17) is 14.2 Å². The molecule has 14 nitrogen and oxygen atoms in total. The van der Waals surface area contributed by atoms with Crippen LogP contribution in [0.2, 0.25) is 0 Å². The van der Waals surface area contributed by atoms with E-state index < -0.39 is 45.2 Å². The van der Waals surface area contributed by atoms with Gasteiger partial charge in [0, 0.05) is 26.2 Å². The SMILES string of the molecule is CCOC(=O)C(C(=O)OCC)c1cc(N2CCN(C(=O)OCC)CC2)c([N+](=O)[O-])cc1[N+](=O)[O-]. The summed E-state index contributed by atoms with van der Waals surface area (Å²) in [5, 5.41) is 23.5. The van der Waals surface area contributed by atoms with Crippen LogP contribution in [0.15, 0.2) is 12.1 Å². The van der Waals surface area contributed by atoms with Crippen LogP contribution >= 0.6 is 0 Å². The lowest BCUT2D eigenvalue weighted by Gasteiger charge is -2.35. The summed E-state index contributed by atoms with van der Waals surface area (Å²) in [6, 6.07) is 1.79. The molecule has 1 heterocycles. The van der Waals surface area contributed by atoms with E-state index >= 15 is 0 Å². The number of esters is 2. The van der Waals surface area contributed by atoms with Crippen LogP contribution in [0.4, 0.5) is 21.9 Å². The lowest BCUT2D eigenvalue weighted by atomic mass is 9.95. The molecule has 0 atom stereocenters. The number of ether oxygens (including phenoxy) is 3. The summed E-state index contributed by atoms with van der Waals surface area (Å²) < 4.78 is 14.8. The summed E-state index contributed by atoms with van der Waals surface area (Å²) in [6.07, 6.45) is -0.522. The number of rotatable bonds is 9. The van der Waals surface area contributed by atoms with Crippen molar-refractivity contribution in [3.63, 3.8) is 0 Å². The molecule has 34 heavy (non-hydrogen) atoms. The number of nitrogens with zero attached hydrogens (tertiary/aromatic N) is 4. The van der Waals surface area contributed by atoms with Gasteiger partial charge in [-0.15, -0.1) is 0 Å². The van der Waals surface area contributed by atoms with Crippen LogP contribution in [0.25, 0.3) is 0 Å². The van der Waals surface area contributed by atoms with Crippen molar-refractivity contribution in [2.45, 2.75) is 26.7 Å². The molecular weight excluding hydrogens is 456 g/mol. The van der Waals surface area contributed by atoms with E-state index in [2.05, 4.69) is 0 Å². The lowest BCUT2D eigenvalue weighted by Crippen LogP contribution is -2.49. The molecule has 0 unspecified atom stereocenters. The maximum atomic E-state index is 12.6. The van der Waals surface area contributed by atoms with Gasteiger partial charge in [0.15, 0.2) is 5.92 Å². The number of nitro groups is 2. The third-order valence-electron chi connectivity index (χ3n) is 5.02. The Labute approximate surface area is 194 Å². The van der Waals surface area contributed by atoms with Gasteiger partial charge in [-0.1, -0.05) is 0 Å². The molecule has 14 heteroatoms. The summed E-state index contributed by atoms with van der Waals surface area (Å²) in [6.45, 7) is 5.33. The van der Waals surface area contributed by atoms with Gasteiger partial charge in [-0.25, -0.2) is 4.79 Å². The Morgan fingerprint density at radius 2 is 1.35 bits per heavy atom. The molecule has 0 aliphatic carbocycles. The molecule has 0 aromatic heterocycles. The zero-order chi connectivity index (χ0) is 25.4. The number of carbonyl (C=O) groups is 3. The lowest BCUT2D eigenvalue weighted by molar-refractivity contribution is -0.394. The molecule has 1 saturated heterocycles. The first kappa shape index (κ1) is 26.3. The molecule has 1 fully saturated rings. The number of piperazine rings is 1. The van der Waals surface area contributed by atoms with Crippen LogP contribution < -0.4 is 4.90 Å². The van der Waals surface area contributed by atoms with Crippen LogP contribution in [0.3, 0.4) is 0 Å². The summed E-state index contributed by atoms with van der Waals surface area (Å²) in [4.78, 5) is 61.9. The van der Waals surface area contributed by atoms with E-state index in [-0.39, 0.29) is 57.3 Å². The first-order valence-electron chi connectivity index (χ1n) is 10.6. The van der Waals surface area contributed by atoms with Crippen LogP contribution in [0.1, 0.15) is 32.3 Å². The molecule has 0 spiro atoms. The van der Waals surface area contributed by atoms with Gasteiger partial charge >= 0.3 is 18.0 Å². The van der Waals surface area contributed by atoms with Crippen molar-refractivity contribution in [2.75, 3.05) is 50.9 Å². The molecule has 1 amide bonds. The van der Waals surface area contributed by atoms with Crippen LogP contribution in [-0.4, -0.2) is 78.8 Å². The van der Waals surface area contributed by atoms with Crippen LogP contribution in [0, 0.1) is 20.2 Å². The first-order valence-corrected chi connectivity index (χ1v) is 10.6. The zero-order valence-electron chi connectivity index (χ0n) is 19.1. The average Bonchev–Trinajstić information content (AvgIpc) is 2.79. The van der Waals surface area contributed by atoms with Gasteiger partial charge in [0.2, 0.25) is 0 Å². The van der Waals surface area contributed by atoms with E-state index in [0.29, 0.717) is 6.07 Å². The predicted octanol–water partition coefficient (Wildman–Crippen LogP) is 1.99. The smallest absolute Gasteiger partial charge is 0.409 e. The Morgan fingerprint density at radius 3 is 1.79 bits per heavy atom. The zero-order valence-corrected chi connectivity index (χ0v) is 19.1. The molecule has 0 saturated carbocycles. The third kappa shape index (κ3) is 5.88. The Hall–Kier alpha value is -3.97. The van der Waals surface area contributed by atoms with Gasteiger partial charge in [-0.05, 0) is 26.8 Å². The molecule has 1 aromatic carbocycles. The van der Waals surface area contributed by atoms with Crippen molar-refractivity contribution in [3.05, 3.63) is 37.9 Å². The van der Waals surface area contributed by atoms with Crippen molar-refractivity contribution in [1.82, 2.24) is 4.90 Å². The van der Waals surface area contributed by atoms with Gasteiger partial charge in [-0.2, -0.15) is 0 Å². The largest absolute Gasteiger partial charge is 0.465 e. The molecule has 0 radical (unpaired) electrons. The average molecular weight is 482 g/mol. The molecule has 1 aliphatic heterocycles. The second-order valence-corrected chi connectivity index (χ2v) is 7.02. The standard InChI is InChI=1S/C20H26N4O10/c1-4-32-18(25)17(19(26)33-5-2)13-11-15(16(24(30)31)12-14(13)23(28)29)21-7-9-22(10-8-21)20(27)34-6-3/h11-12,17H,4-10H2,1-3H3. The minimum Gasteiger partial charge on any atom is -0.465 e. The van der Waals surface area contributed by atoms with Gasteiger partial charge in [0.05, 0.1) is 41.3 Å². The van der Waals surface area contributed by atoms with E-state index in [1.54, 1.807) is 11.8 Å². The number of amides is 1. The number of benzene rings is 1. The Morgan fingerprint density at radius 1 is 0.853 bits per heavy atom. The fourth-order valence-electron chi connectivity index (χ4n) is 3.52. The molecule has 0 bridgehead atoms. The van der Waals surface area contributed by atoms with E-state index in [1.165, 1.54) is 18.7 Å². The van der Waals surface area contributed by atoms with Gasteiger partial charge in [-0.3, -0.25) is 29.8 Å². The monoisotopic (exact) mass is 482 g/mol.